The van der Waals surface area contributed by atoms with E-state index in [2.05, 4.69) is 10.0 Å². The number of sulfonamides is 1. The van der Waals surface area contributed by atoms with Gasteiger partial charge in [-0.1, -0.05) is 85.2 Å². The molecule has 1 aromatic carbocycles. The summed E-state index contributed by atoms with van der Waals surface area (Å²) in [7, 11) is 1.84. The highest BCUT2D eigenvalue weighted by Gasteiger charge is 2.43. The lowest BCUT2D eigenvalue weighted by Gasteiger charge is -2.41. The summed E-state index contributed by atoms with van der Waals surface area (Å²) in [6, 6.07) is 5.41. The molecule has 8 atom stereocenters. The molecule has 0 aromatic heterocycles. The monoisotopic (exact) mass is 781 g/mol. The van der Waals surface area contributed by atoms with E-state index in [0.29, 0.717) is 31.4 Å². The molecule has 0 unspecified atom stereocenters. The first-order valence-corrected chi connectivity index (χ1v) is 20.3. The van der Waals surface area contributed by atoms with Crippen LogP contribution in [0.25, 0.3) is 0 Å². The third-order valence-electron chi connectivity index (χ3n) is 10.6. The van der Waals surface area contributed by atoms with Crippen LogP contribution in [0.5, 0.6) is 0 Å². The van der Waals surface area contributed by atoms with Gasteiger partial charge < -0.3 is 29.7 Å². The number of rotatable bonds is 20. The van der Waals surface area contributed by atoms with Gasteiger partial charge in [0.25, 0.3) is 0 Å². The number of hydrogen-bond donors (Lipinski definition) is 3. The normalized spacial score (nSPS) is 18.6. The van der Waals surface area contributed by atoms with Crippen molar-refractivity contribution in [3.63, 3.8) is 0 Å². The molecule has 0 saturated carbocycles. The molecule has 1 saturated heterocycles. The Morgan fingerprint density at radius 3 is 2.04 bits per heavy atom. The fourth-order valence-electron chi connectivity index (χ4n) is 7.40. The summed E-state index contributed by atoms with van der Waals surface area (Å²) in [5, 5.41) is 12.4. The summed E-state index contributed by atoms with van der Waals surface area (Å²) < 4.78 is 39.6. The molecule has 1 fully saturated rings. The number of methoxy groups -OCH3 is 2. The molecule has 16 heteroatoms. The van der Waals surface area contributed by atoms with Crippen LogP contribution in [0.1, 0.15) is 79.7 Å². The highest BCUT2D eigenvalue weighted by molar-refractivity contribution is 7.89. The topological polar surface area (TPSA) is 192 Å². The van der Waals surface area contributed by atoms with E-state index >= 15 is 0 Å². The molecule has 0 bridgehead atoms. The molecule has 306 valence electrons. The van der Waals surface area contributed by atoms with Crippen LogP contribution in [0.15, 0.2) is 30.3 Å². The van der Waals surface area contributed by atoms with Crippen molar-refractivity contribution < 1.29 is 47.0 Å². The number of amides is 5. The van der Waals surface area contributed by atoms with E-state index in [1.165, 1.54) is 26.2 Å². The first kappa shape index (κ1) is 46.4. The van der Waals surface area contributed by atoms with Crippen molar-refractivity contribution in [1.82, 2.24) is 24.7 Å². The quantitative estimate of drug-likeness (QED) is 0.177. The van der Waals surface area contributed by atoms with E-state index in [9.17, 15) is 37.5 Å². The van der Waals surface area contributed by atoms with Crippen molar-refractivity contribution in [3.8, 4) is 0 Å². The van der Waals surface area contributed by atoms with Gasteiger partial charge in [-0.05, 0) is 36.2 Å². The Labute approximate surface area is 321 Å². The lowest BCUT2D eigenvalue weighted by molar-refractivity contribution is -0.148. The predicted molar refractivity (Wildman–Crippen MR) is 205 cm³/mol. The SMILES string of the molecule is CC[C@@H](C)[C@@H]([C@H](CC(=O)N1CCC[C@H]1[C@H](OC)[C@@H](C)C(=O)NS(=O)(=O)Cc1ccccc1)OC)N(C)C(=O)[C@@H](NC(=O)[C@H](C(C)C)N(C)C(=O)O)C(C)C. The van der Waals surface area contributed by atoms with Gasteiger partial charge in [-0.2, -0.15) is 0 Å². The van der Waals surface area contributed by atoms with Crippen molar-refractivity contribution in [2.45, 2.75) is 116 Å². The molecule has 54 heavy (non-hydrogen) atoms. The smallest absolute Gasteiger partial charge is 0.407 e. The van der Waals surface area contributed by atoms with Crippen LogP contribution in [0.4, 0.5) is 4.79 Å². The Balaban J connectivity index is 2.29. The molecule has 5 amide bonds. The van der Waals surface area contributed by atoms with Crippen LogP contribution in [0, 0.1) is 23.7 Å². The van der Waals surface area contributed by atoms with E-state index < -0.39 is 76.1 Å². The predicted octanol–water partition coefficient (Wildman–Crippen LogP) is 3.33. The molecule has 1 aliphatic heterocycles. The fourth-order valence-corrected chi connectivity index (χ4v) is 8.59. The van der Waals surface area contributed by atoms with Gasteiger partial charge in [-0.3, -0.25) is 28.8 Å². The number of ether oxygens (including phenoxy) is 2. The zero-order valence-electron chi connectivity index (χ0n) is 33.8. The van der Waals surface area contributed by atoms with Crippen molar-refractivity contribution in [2.24, 2.45) is 23.7 Å². The second-order valence-corrected chi connectivity index (χ2v) is 16.8. The van der Waals surface area contributed by atoms with Gasteiger partial charge >= 0.3 is 6.09 Å². The number of carbonyl (C=O) groups excluding carboxylic acids is 4. The third-order valence-corrected chi connectivity index (χ3v) is 11.8. The average molecular weight is 782 g/mol. The number of nitrogens with zero attached hydrogens (tertiary/aromatic N) is 3. The minimum absolute atomic E-state index is 0.0976. The molecule has 3 N–H and O–H groups in total. The minimum atomic E-state index is -4.00. The number of benzene rings is 1. The lowest BCUT2D eigenvalue weighted by Crippen LogP contribution is -2.60. The van der Waals surface area contributed by atoms with Crippen molar-refractivity contribution in [2.75, 3.05) is 34.9 Å². The van der Waals surface area contributed by atoms with Crippen molar-refractivity contribution >= 4 is 39.7 Å². The van der Waals surface area contributed by atoms with Gasteiger partial charge in [-0.25, -0.2) is 13.2 Å². The molecule has 1 aliphatic rings. The highest BCUT2D eigenvalue weighted by atomic mass is 32.2. The Kier molecular flexibility index (Phi) is 17.9. The minimum Gasteiger partial charge on any atom is -0.465 e. The first-order valence-electron chi connectivity index (χ1n) is 18.7. The second kappa shape index (κ2) is 20.8. The van der Waals surface area contributed by atoms with Crippen LogP contribution < -0.4 is 10.0 Å². The third kappa shape index (κ3) is 12.1. The summed E-state index contributed by atoms with van der Waals surface area (Å²) in [6.45, 7) is 12.9. The Morgan fingerprint density at radius 1 is 0.926 bits per heavy atom. The standard InChI is InChI=1S/C38H63N5O10S/c1-12-25(6)33(41(8)37(47)31(23(2)3)39-36(46)32(24(4)5)42(9)38(48)49)29(52-10)21-30(44)43-20-16-19-28(43)34(53-11)26(7)35(45)40-54(50,51)22-27-17-14-13-15-18-27/h13-15,17-18,23-26,28-29,31-34H,12,16,19-22H2,1-11H3,(H,39,46)(H,40,45)(H,48,49)/t25-,26-,28+,29+,31+,32+,33+,34-/m1/s1. The van der Waals surface area contributed by atoms with Crippen LogP contribution >= 0.6 is 0 Å². The number of likely N-dealkylation sites (N-methyl/N-ethyl adjacent to an activating group) is 2. The maximum Gasteiger partial charge on any atom is 0.407 e. The first-order chi connectivity index (χ1) is 25.2. The van der Waals surface area contributed by atoms with Gasteiger partial charge in [0.05, 0.1) is 42.4 Å². The second-order valence-electron chi connectivity index (χ2n) is 15.1. The van der Waals surface area contributed by atoms with Gasteiger partial charge in [0.1, 0.15) is 12.1 Å². The molecule has 1 heterocycles. The molecular formula is C38H63N5O10S. The summed E-state index contributed by atoms with van der Waals surface area (Å²) in [6.07, 6.45) is -1.09. The molecule has 0 radical (unpaired) electrons. The van der Waals surface area contributed by atoms with Gasteiger partial charge in [0, 0.05) is 34.9 Å². The highest BCUT2D eigenvalue weighted by Crippen LogP contribution is 2.30. The number of nitrogens with one attached hydrogen (secondary N) is 2. The van der Waals surface area contributed by atoms with E-state index in [0.717, 1.165) is 4.90 Å². The Hall–Kier alpha value is -3.76. The summed E-state index contributed by atoms with van der Waals surface area (Å²) in [4.78, 5) is 70.8. The number of hydrogen-bond acceptors (Lipinski definition) is 9. The largest absolute Gasteiger partial charge is 0.465 e. The van der Waals surface area contributed by atoms with E-state index in [1.807, 2.05) is 13.8 Å². The summed E-state index contributed by atoms with van der Waals surface area (Å²) >= 11 is 0. The molecule has 0 aliphatic carbocycles. The molecule has 1 aromatic rings. The average Bonchev–Trinajstić information content (AvgIpc) is 3.59. The maximum absolute atomic E-state index is 14.2. The summed E-state index contributed by atoms with van der Waals surface area (Å²) in [5.74, 6) is -4.11. The number of carbonyl (C=O) groups is 5. The molecule has 0 spiro atoms. The Morgan fingerprint density at radius 2 is 1.54 bits per heavy atom. The maximum atomic E-state index is 14.2. The van der Waals surface area contributed by atoms with E-state index in [4.69, 9.17) is 9.47 Å². The summed E-state index contributed by atoms with van der Waals surface area (Å²) in [5.41, 5.74) is 0.532. The van der Waals surface area contributed by atoms with Crippen LogP contribution in [0.3, 0.4) is 0 Å². The van der Waals surface area contributed by atoms with Crippen LogP contribution in [-0.2, 0) is 44.4 Å². The number of carboxylic acid groups (broad SMARTS) is 1. The van der Waals surface area contributed by atoms with Gasteiger partial charge in [0.15, 0.2) is 0 Å². The molecule has 15 nitrogen and oxygen atoms in total. The Bertz CT molecular complexity index is 1530. The zero-order valence-corrected chi connectivity index (χ0v) is 34.6. The number of likely N-dealkylation sites (tertiary alicyclic amines) is 1. The van der Waals surface area contributed by atoms with Gasteiger partial charge in [-0.15, -0.1) is 0 Å². The van der Waals surface area contributed by atoms with Crippen LogP contribution in [-0.4, -0.2) is 129 Å². The molecular weight excluding hydrogens is 719 g/mol. The van der Waals surface area contributed by atoms with E-state index in [1.54, 1.807) is 76.9 Å². The van der Waals surface area contributed by atoms with Crippen molar-refractivity contribution in [3.05, 3.63) is 35.9 Å². The van der Waals surface area contributed by atoms with E-state index in [-0.39, 0.29) is 35.8 Å². The lowest BCUT2D eigenvalue weighted by atomic mass is 9.89. The van der Waals surface area contributed by atoms with Gasteiger partial charge in [0.2, 0.25) is 33.7 Å². The fraction of sp³-hybridized carbons (Fsp3) is 0.711. The molecule has 2 rings (SSSR count). The zero-order chi connectivity index (χ0) is 41.1. The van der Waals surface area contributed by atoms with Crippen LogP contribution in [0.2, 0.25) is 0 Å². The van der Waals surface area contributed by atoms with Crippen molar-refractivity contribution in [1.29, 1.82) is 0 Å².